The molecule has 1 fully saturated rings. The van der Waals surface area contributed by atoms with Gasteiger partial charge in [0.25, 0.3) is 0 Å². The number of thiazole rings is 1. The first-order chi connectivity index (χ1) is 18.0. The van der Waals surface area contributed by atoms with Crippen molar-refractivity contribution in [2.45, 2.75) is 51.5 Å². The molecule has 0 aliphatic carbocycles. The Kier molecular flexibility index (Phi) is 7.55. The minimum absolute atomic E-state index is 0.0724. The molecular formula is C29H32N4O3S. The molecule has 7 nitrogen and oxygen atoms in total. The topological polar surface area (TPSA) is 98.3 Å². The average molecular weight is 517 g/mol. The van der Waals surface area contributed by atoms with E-state index in [1.165, 1.54) is 19.3 Å². The van der Waals surface area contributed by atoms with Gasteiger partial charge in [0.05, 0.1) is 6.42 Å². The van der Waals surface area contributed by atoms with Gasteiger partial charge in [0, 0.05) is 58.9 Å². The number of aromatic nitrogens is 2. The van der Waals surface area contributed by atoms with E-state index in [4.69, 9.17) is 5.11 Å². The van der Waals surface area contributed by atoms with Crippen molar-refractivity contribution in [1.29, 1.82) is 0 Å². The third kappa shape index (κ3) is 5.85. The summed E-state index contributed by atoms with van der Waals surface area (Å²) in [6.07, 6.45) is 8.08. The fourth-order valence-electron chi connectivity index (χ4n) is 5.11. The molecule has 8 heteroatoms. The summed E-state index contributed by atoms with van der Waals surface area (Å²) >= 11 is 1.61. The number of rotatable bonds is 9. The maximum Gasteiger partial charge on any atom is 0.303 e. The number of amides is 1. The highest BCUT2D eigenvalue weighted by Gasteiger charge is 2.25. The number of aryl methyl sites for hydroxylation is 2. The quantitative estimate of drug-likeness (QED) is 0.277. The Morgan fingerprint density at radius 3 is 2.73 bits per heavy atom. The fraction of sp³-hybridized carbons (Fsp3) is 0.345. The molecule has 0 radical (unpaired) electrons. The maximum absolute atomic E-state index is 13.4. The minimum atomic E-state index is -0.821. The lowest BCUT2D eigenvalue weighted by atomic mass is 10.0. The molecule has 1 amide bonds. The molecule has 4 aromatic rings. The van der Waals surface area contributed by atoms with Gasteiger partial charge in [0.15, 0.2) is 0 Å². The molecule has 2 aromatic heterocycles. The second-order valence-electron chi connectivity index (χ2n) is 9.68. The summed E-state index contributed by atoms with van der Waals surface area (Å²) in [5, 5.41) is 14.2. The molecule has 192 valence electrons. The number of nitrogens with one attached hydrogen (secondary N) is 2. The highest BCUT2D eigenvalue weighted by molar-refractivity contribution is 7.11. The smallest absolute Gasteiger partial charge is 0.303 e. The molecule has 2 aromatic carbocycles. The van der Waals surface area contributed by atoms with Crippen LogP contribution >= 0.6 is 11.3 Å². The standard InChI is InChI=1S/C29H32N4O3S/c1-19-17-31-29(37-19)28(22-7-3-4-8-25(22)33-13-5-2-6-14-33)32-26(34)16-20-9-11-24-23(15-20)21(18-30-24)10-12-27(35)36/h3-4,7-9,11,15,17-18,28,30H,2,5-6,10,12-14,16H2,1H3,(H,32,34)(H,35,36). The van der Waals surface area contributed by atoms with Gasteiger partial charge in [0.2, 0.25) is 5.91 Å². The highest BCUT2D eigenvalue weighted by atomic mass is 32.1. The molecule has 37 heavy (non-hydrogen) atoms. The van der Waals surface area contributed by atoms with Crippen LogP contribution < -0.4 is 10.2 Å². The summed E-state index contributed by atoms with van der Waals surface area (Å²) < 4.78 is 0. The maximum atomic E-state index is 13.4. The summed E-state index contributed by atoms with van der Waals surface area (Å²) in [5.74, 6) is -0.897. The molecule has 0 saturated carbocycles. The zero-order valence-electron chi connectivity index (χ0n) is 21.0. The summed E-state index contributed by atoms with van der Waals surface area (Å²) in [6, 6.07) is 13.9. The number of aliphatic carboxylic acids is 1. The van der Waals surface area contributed by atoms with E-state index in [0.717, 1.165) is 56.3 Å². The average Bonchev–Trinajstić information content (AvgIpc) is 3.52. The number of carbonyl (C=O) groups is 2. The summed E-state index contributed by atoms with van der Waals surface area (Å²) in [6.45, 7) is 4.08. The van der Waals surface area contributed by atoms with E-state index in [1.54, 1.807) is 11.3 Å². The van der Waals surface area contributed by atoms with Crippen molar-refractivity contribution >= 4 is 39.8 Å². The van der Waals surface area contributed by atoms with Crippen LogP contribution in [0.4, 0.5) is 5.69 Å². The molecule has 1 saturated heterocycles. The Morgan fingerprint density at radius 2 is 1.97 bits per heavy atom. The third-order valence-electron chi connectivity index (χ3n) is 6.94. The second-order valence-corrected chi connectivity index (χ2v) is 10.9. The Morgan fingerprint density at radius 1 is 1.16 bits per heavy atom. The number of piperidine rings is 1. The molecular weight excluding hydrogens is 484 g/mol. The number of benzene rings is 2. The van der Waals surface area contributed by atoms with E-state index >= 15 is 0 Å². The number of hydrogen-bond donors (Lipinski definition) is 3. The Labute approximate surface area is 220 Å². The van der Waals surface area contributed by atoms with Gasteiger partial charge >= 0.3 is 5.97 Å². The van der Waals surface area contributed by atoms with Crippen molar-refractivity contribution in [3.05, 3.63) is 81.4 Å². The van der Waals surface area contributed by atoms with Crippen LogP contribution in [0, 0.1) is 6.92 Å². The normalized spacial score (nSPS) is 14.6. The SMILES string of the molecule is Cc1cnc(C(NC(=O)Cc2ccc3[nH]cc(CCC(=O)O)c3c2)c2ccccc2N2CCCCC2)s1. The molecule has 1 unspecified atom stereocenters. The number of nitrogens with zero attached hydrogens (tertiary/aromatic N) is 2. The number of hydrogen-bond acceptors (Lipinski definition) is 5. The van der Waals surface area contributed by atoms with Crippen LogP contribution in [0.1, 0.15) is 58.3 Å². The van der Waals surface area contributed by atoms with Crippen LogP contribution in [-0.4, -0.2) is 40.0 Å². The summed E-state index contributed by atoms with van der Waals surface area (Å²) in [7, 11) is 0. The first kappa shape index (κ1) is 25.0. The fourth-order valence-corrected chi connectivity index (χ4v) is 5.96. The predicted molar refractivity (Wildman–Crippen MR) is 147 cm³/mol. The van der Waals surface area contributed by atoms with Crippen molar-refractivity contribution < 1.29 is 14.7 Å². The zero-order chi connectivity index (χ0) is 25.8. The zero-order valence-corrected chi connectivity index (χ0v) is 21.8. The Balaban J connectivity index is 1.40. The number of carboxylic acids is 1. The summed E-state index contributed by atoms with van der Waals surface area (Å²) in [4.78, 5) is 35.8. The van der Waals surface area contributed by atoms with Crippen LogP contribution in [0.5, 0.6) is 0 Å². The van der Waals surface area contributed by atoms with Gasteiger partial charge in [-0.25, -0.2) is 4.98 Å². The lowest BCUT2D eigenvalue weighted by Gasteiger charge is -2.32. The molecule has 1 aliphatic heterocycles. The number of H-pyrrole nitrogens is 1. The van der Waals surface area contributed by atoms with Crippen molar-refractivity contribution in [3.8, 4) is 0 Å². The van der Waals surface area contributed by atoms with E-state index in [1.807, 2.05) is 43.6 Å². The molecule has 1 aliphatic rings. The Bertz CT molecular complexity index is 1400. The van der Waals surface area contributed by atoms with E-state index in [-0.39, 0.29) is 24.8 Å². The molecule has 1 atom stereocenters. The highest BCUT2D eigenvalue weighted by Crippen LogP contribution is 2.34. The number of carbonyl (C=O) groups excluding carboxylic acids is 1. The predicted octanol–water partition coefficient (Wildman–Crippen LogP) is 5.39. The number of para-hydroxylation sites is 1. The van der Waals surface area contributed by atoms with Gasteiger partial charge < -0.3 is 20.3 Å². The summed E-state index contributed by atoms with van der Waals surface area (Å²) in [5.41, 5.74) is 5.02. The van der Waals surface area contributed by atoms with Crippen molar-refractivity contribution in [2.24, 2.45) is 0 Å². The lowest BCUT2D eigenvalue weighted by Crippen LogP contribution is -2.34. The molecule has 5 rings (SSSR count). The van der Waals surface area contributed by atoms with Gasteiger partial charge in [-0.1, -0.05) is 24.3 Å². The molecule has 3 heterocycles. The Hall–Kier alpha value is -3.65. The van der Waals surface area contributed by atoms with Crippen LogP contribution in [0.25, 0.3) is 10.9 Å². The molecule has 3 N–H and O–H groups in total. The van der Waals surface area contributed by atoms with Crippen molar-refractivity contribution in [2.75, 3.05) is 18.0 Å². The van der Waals surface area contributed by atoms with E-state index in [9.17, 15) is 9.59 Å². The van der Waals surface area contributed by atoms with E-state index in [0.29, 0.717) is 6.42 Å². The first-order valence-electron chi connectivity index (χ1n) is 12.8. The molecule has 0 bridgehead atoms. The third-order valence-corrected chi connectivity index (χ3v) is 7.92. The van der Waals surface area contributed by atoms with E-state index in [2.05, 4.69) is 38.4 Å². The second kappa shape index (κ2) is 11.2. The largest absolute Gasteiger partial charge is 0.481 e. The van der Waals surface area contributed by atoms with E-state index < -0.39 is 5.97 Å². The van der Waals surface area contributed by atoms with Crippen LogP contribution in [-0.2, 0) is 22.4 Å². The van der Waals surface area contributed by atoms with Crippen LogP contribution in [0.3, 0.4) is 0 Å². The van der Waals surface area contributed by atoms with Gasteiger partial charge in [-0.3, -0.25) is 9.59 Å². The monoisotopic (exact) mass is 516 g/mol. The van der Waals surface area contributed by atoms with Crippen LogP contribution in [0.15, 0.2) is 54.9 Å². The van der Waals surface area contributed by atoms with Crippen molar-refractivity contribution in [3.63, 3.8) is 0 Å². The van der Waals surface area contributed by atoms with Gasteiger partial charge in [-0.15, -0.1) is 11.3 Å². The lowest BCUT2D eigenvalue weighted by molar-refractivity contribution is -0.137. The van der Waals surface area contributed by atoms with Crippen LogP contribution in [0.2, 0.25) is 0 Å². The number of anilines is 1. The van der Waals surface area contributed by atoms with Gasteiger partial charge in [0.1, 0.15) is 11.0 Å². The number of aromatic amines is 1. The number of fused-ring (bicyclic) bond motifs is 1. The molecule has 0 spiro atoms. The minimum Gasteiger partial charge on any atom is -0.481 e. The first-order valence-corrected chi connectivity index (χ1v) is 13.7. The van der Waals surface area contributed by atoms with Gasteiger partial charge in [-0.05, 0) is 61.9 Å². The van der Waals surface area contributed by atoms with Gasteiger partial charge in [-0.2, -0.15) is 0 Å². The van der Waals surface area contributed by atoms with Crippen molar-refractivity contribution in [1.82, 2.24) is 15.3 Å². The number of carboxylic acid groups (broad SMARTS) is 1.